The molecule has 1 rings (SSSR count). The summed E-state index contributed by atoms with van der Waals surface area (Å²) in [6.07, 6.45) is -1.75. The van der Waals surface area contributed by atoms with Gasteiger partial charge in [0.25, 0.3) is 0 Å². The molecule has 1 aliphatic heterocycles. The summed E-state index contributed by atoms with van der Waals surface area (Å²) in [7, 11) is 1.26. The quantitative estimate of drug-likeness (QED) is 0.606. The first-order chi connectivity index (χ1) is 10.8. The lowest BCUT2D eigenvalue weighted by Crippen LogP contribution is -2.61. The highest BCUT2D eigenvalue weighted by Crippen LogP contribution is 2.20. The van der Waals surface area contributed by atoms with Crippen molar-refractivity contribution < 1.29 is 28.9 Å². The maximum Gasteiger partial charge on any atom is 0.411 e. The fourth-order valence-corrected chi connectivity index (χ4v) is 2.27. The number of methoxy groups -OCH3 is 1. The fraction of sp³-hybridized carbons (Fsp3) is 0.875. The van der Waals surface area contributed by atoms with Crippen LogP contribution < -0.4 is 0 Å². The topological polar surface area (TPSA) is 88.5 Å². The zero-order valence-electron chi connectivity index (χ0n) is 15.7. The third-order valence-electron chi connectivity index (χ3n) is 3.28. The second-order valence-electron chi connectivity index (χ2n) is 7.76. The van der Waals surface area contributed by atoms with E-state index in [1.165, 1.54) is 12.0 Å². The lowest BCUT2D eigenvalue weighted by molar-refractivity contribution is -0.246. The van der Waals surface area contributed by atoms with E-state index in [4.69, 9.17) is 14.2 Å². The van der Waals surface area contributed by atoms with Crippen LogP contribution in [-0.2, 0) is 19.0 Å². The molecule has 0 saturated carbocycles. The number of nitrogens with zero attached hydrogens (tertiary/aromatic N) is 2. The van der Waals surface area contributed by atoms with E-state index in [0.29, 0.717) is 6.54 Å². The van der Waals surface area contributed by atoms with E-state index in [9.17, 15) is 14.7 Å². The number of aliphatic hydroxyl groups excluding tert-OH is 1. The molecule has 140 valence electrons. The third kappa shape index (κ3) is 6.26. The van der Waals surface area contributed by atoms with Crippen molar-refractivity contribution in [2.45, 2.75) is 65.2 Å². The summed E-state index contributed by atoms with van der Waals surface area (Å²) in [6.45, 7) is 11.4. The molecule has 24 heavy (non-hydrogen) atoms. The minimum atomic E-state index is -1.17. The van der Waals surface area contributed by atoms with Crippen LogP contribution in [0.1, 0.15) is 41.5 Å². The smallest absolute Gasteiger partial charge is 0.411 e. The standard InChI is InChI=1S/C16H30N2O6/c1-15(2,3)23-13(20)17-8-9-18(11(10-17)12(19)22-7)14(21)24-16(4,5)6/h11,13,20H,8-10H2,1-7H3/t11-,13?/m1/s1. The van der Waals surface area contributed by atoms with Crippen LogP contribution in [0.3, 0.4) is 0 Å². The summed E-state index contributed by atoms with van der Waals surface area (Å²) in [4.78, 5) is 27.3. The second-order valence-corrected chi connectivity index (χ2v) is 7.76. The van der Waals surface area contributed by atoms with Crippen LogP contribution in [0.4, 0.5) is 4.79 Å². The van der Waals surface area contributed by atoms with Gasteiger partial charge in [-0.2, -0.15) is 0 Å². The molecule has 0 spiro atoms. The Bertz CT molecular complexity index is 454. The third-order valence-corrected chi connectivity index (χ3v) is 3.28. The van der Waals surface area contributed by atoms with Gasteiger partial charge in [-0.3, -0.25) is 9.80 Å². The normalized spacial score (nSPS) is 21.3. The lowest BCUT2D eigenvalue weighted by Gasteiger charge is -2.42. The van der Waals surface area contributed by atoms with Crippen molar-refractivity contribution in [3.8, 4) is 0 Å². The molecular weight excluding hydrogens is 316 g/mol. The number of ether oxygens (including phenoxy) is 3. The molecule has 0 aliphatic carbocycles. The zero-order valence-corrected chi connectivity index (χ0v) is 15.7. The molecule has 1 heterocycles. The summed E-state index contributed by atoms with van der Waals surface area (Å²) in [5.41, 5.74) is -1.20. The first-order valence-electron chi connectivity index (χ1n) is 8.01. The Kier molecular flexibility index (Phi) is 6.60. The number of carbonyl (C=O) groups excluding carboxylic acids is 2. The van der Waals surface area contributed by atoms with Crippen LogP contribution >= 0.6 is 0 Å². The number of rotatable bonds is 3. The molecule has 0 bridgehead atoms. The summed E-state index contributed by atoms with van der Waals surface area (Å²) in [6, 6.07) is -0.864. The highest BCUT2D eigenvalue weighted by Gasteiger charge is 2.40. The van der Waals surface area contributed by atoms with E-state index in [-0.39, 0.29) is 13.1 Å². The molecule has 2 atom stereocenters. The van der Waals surface area contributed by atoms with Crippen molar-refractivity contribution in [2.75, 3.05) is 26.7 Å². The Balaban J connectivity index is 2.85. The largest absolute Gasteiger partial charge is 0.467 e. The molecule has 0 aromatic rings. The van der Waals surface area contributed by atoms with Crippen LogP contribution in [-0.4, -0.2) is 77.4 Å². The first kappa shape index (κ1) is 20.7. The van der Waals surface area contributed by atoms with Crippen LogP contribution in [0.15, 0.2) is 0 Å². The van der Waals surface area contributed by atoms with Gasteiger partial charge in [-0.25, -0.2) is 9.59 Å². The Morgan fingerprint density at radius 1 is 1.08 bits per heavy atom. The van der Waals surface area contributed by atoms with E-state index in [2.05, 4.69) is 0 Å². The Morgan fingerprint density at radius 2 is 1.67 bits per heavy atom. The van der Waals surface area contributed by atoms with Gasteiger partial charge in [0.05, 0.1) is 12.7 Å². The number of piperazine rings is 1. The van der Waals surface area contributed by atoms with Crippen LogP contribution in [0.2, 0.25) is 0 Å². The predicted octanol–water partition coefficient (Wildman–Crippen LogP) is 1.17. The van der Waals surface area contributed by atoms with Gasteiger partial charge in [0.1, 0.15) is 11.6 Å². The number of amides is 1. The SMILES string of the molecule is COC(=O)[C@H]1CN(C(O)OC(C)(C)C)CCN1C(=O)OC(C)(C)C. The molecule has 8 heteroatoms. The molecule has 0 aromatic carbocycles. The summed E-state index contributed by atoms with van der Waals surface area (Å²) in [5, 5.41) is 10.2. The lowest BCUT2D eigenvalue weighted by atomic mass is 10.1. The molecule has 1 amide bonds. The highest BCUT2D eigenvalue weighted by molar-refractivity contribution is 5.82. The number of carbonyl (C=O) groups is 2. The molecule has 0 radical (unpaired) electrons. The van der Waals surface area contributed by atoms with Crippen molar-refractivity contribution in [1.82, 2.24) is 9.80 Å². The molecule has 1 fully saturated rings. The van der Waals surface area contributed by atoms with Gasteiger partial charge in [0.2, 0.25) is 6.41 Å². The second kappa shape index (κ2) is 7.67. The van der Waals surface area contributed by atoms with Gasteiger partial charge in [-0.15, -0.1) is 0 Å². The van der Waals surface area contributed by atoms with Crippen LogP contribution in [0, 0.1) is 0 Å². The molecular formula is C16H30N2O6. The molecule has 0 aromatic heterocycles. The Labute approximate surface area is 143 Å². The number of hydrogen-bond acceptors (Lipinski definition) is 7. The van der Waals surface area contributed by atoms with Crippen molar-refractivity contribution in [2.24, 2.45) is 0 Å². The van der Waals surface area contributed by atoms with Gasteiger partial charge >= 0.3 is 12.1 Å². The fourth-order valence-electron chi connectivity index (χ4n) is 2.27. The molecule has 1 saturated heterocycles. The molecule has 1 aliphatic rings. The van der Waals surface area contributed by atoms with Gasteiger partial charge < -0.3 is 19.3 Å². The molecule has 1 N–H and O–H groups in total. The molecule has 8 nitrogen and oxygen atoms in total. The molecule has 1 unspecified atom stereocenters. The average molecular weight is 346 g/mol. The van der Waals surface area contributed by atoms with Gasteiger partial charge in [-0.1, -0.05) is 0 Å². The van der Waals surface area contributed by atoms with Crippen LogP contribution in [0.25, 0.3) is 0 Å². The number of aliphatic hydroxyl groups is 1. The van der Waals surface area contributed by atoms with Gasteiger partial charge in [0.15, 0.2) is 0 Å². The summed E-state index contributed by atoms with van der Waals surface area (Å²) >= 11 is 0. The minimum Gasteiger partial charge on any atom is -0.467 e. The Morgan fingerprint density at radius 3 is 2.12 bits per heavy atom. The van der Waals surface area contributed by atoms with Crippen molar-refractivity contribution in [3.05, 3.63) is 0 Å². The maximum absolute atomic E-state index is 12.3. The van der Waals surface area contributed by atoms with E-state index >= 15 is 0 Å². The zero-order chi connectivity index (χ0) is 18.7. The van der Waals surface area contributed by atoms with E-state index in [0.717, 1.165) is 0 Å². The number of esters is 1. The van der Waals surface area contributed by atoms with Crippen molar-refractivity contribution in [1.29, 1.82) is 0 Å². The van der Waals surface area contributed by atoms with E-state index in [1.54, 1.807) is 25.7 Å². The predicted molar refractivity (Wildman–Crippen MR) is 87.2 cm³/mol. The highest BCUT2D eigenvalue weighted by atomic mass is 16.6. The first-order valence-corrected chi connectivity index (χ1v) is 8.01. The van der Waals surface area contributed by atoms with Crippen LogP contribution in [0.5, 0.6) is 0 Å². The summed E-state index contributed by atoms with van der Waals surface area (Å²) in [5.74, 6) is -0.562. The summed E-state index contributed by atoms with van der Waals surface area (Å²) < 4.78 is 15.6. The monoisotopic (exact) mass is 346 g/mol. The van der Waals surface area contributed by atoms with Gasteiger partial charge in [0, 0.05) is 19.6 Å². The maximum atomic E-state index is 12.3. The van der Waals surface area contributed by atoms with Gasteiger partial charge in [-0.05, 0) is 41.5 Å². The van der Waals surface area contributed by atoms with Crippen molar-refractivity contribution in [3.63, 3.8) is 0 Å². The van der Waals surface area contributed by atoms with E-state index in [1.807, 2.05) is 20.8 Å². The number of hydrogen-bond donors (Lipinski definition) is 1. The minimum absolute atomic E-state index is 0.100. The van der Waals surface area contributed by atoms with E-state index < -0.39 is 35.7 Å². The van der Waals surface area contributed by atoms with Crippen molar-refractivity contribution >= 4 is 12.1 Å². The Hall–Kier alpha value is -1.38. The average Bonchev–Trinajstić information content (AvgIpc) is 2.42.